The third-order valence-electron chi connectivity index (χ3n) is 4.10. The van der Waals surface area contributed by atoms with Gasteiger partial charge in [0.2, 0.25) is 0 Å². The molecule has 0 bridgehead atoms. The number of anilines is 1. The van der Waals surface area contributed by atoms with E-state index in [9.17, 15) is 0 Å². The van der Waals surface area contributed by atoms with Gasteiger partial charge in [-0.3, -0.25) is 4.68 Å². The average Bonchev–Trinajstić information content (AvgIpc) is 3.01. The molecule has 1 atom stereocenters. The summed E-state index contributed by atoms with van der Waals surface area (Å²) >= 11 is 0. The van der Waals surface area contributed by atoms with Crippen molar-refractivity contribution in [1.29, 1.82) is 5.41 Å². The molecule has 0 radical (unpaired) electrons. The van der Waals surface area contributed by atoms with Gasteiger partial charge in [-0.25, -0.2) is 4.98 Å². The second-order valence-corrected chi connectivity index (χ2v) is 5.75. The van der Waals surface area contributed by atoms with Crippen molar-refractivity contribution in [3.63, 3.8) is 0 Å². The highest BCUT2D eigenvalue weighted by Gasteiger charge is 2.14. The maximum atomic E-state index is 9.11. The summed E-state index contributed by atoms with van der Waals surface area (Å²) in [6.45, 7) is 2.10. The quantitative estimate of drug-likeness (QED) is 0.534. The van der Waals surface area contributed by atoms with Crippen LogP contribution < -0.4 is 11.5 Å². The maximum absolute atomic E-state index is 9.11. The lowest BCUT2D eigenvalue weighted by molar-refractivity contribution is 0.258. The number of hydrogen-bond acceptors (Lipinski definition) is 6. The lowest BCUT2D eigenvalue weighted by Gasteiger charge is -2.09. The fourth-order valence-corrected chi connectivity index (χ4v) is 2.70. The van der Waals surface area contributed by atoms with E-state index in [2.05, 4.69) is 10.1 Å². The van der Waals surface area contributed by atoms with Crippen LogP contribution >= 0.6 is 0 Å². The predicted molar refractivity (Wildman–Crippen MR) is 96.8 cm³/mol. The number of benzene rings is 1. The molecule has 0 aliphatic heterocycles. The molecule has 0 aliphatic rings. The third-order valence-corrected chi connectivity index (χ3v) is 4.10. The molecule has 1 unspecified atom stereocenters. The SMILES string of the molecule is CC(CCO)n1cc2c(N)nc3cc(C(N)=CC=N)ccc3c2n1. The van der Waals surface area contributed by atoms with Crippen LogP contribution in [0.3, 0.4) is 0 Å². The fourth-order valence-electron chi connectivity index (χ4n) is 2.70. The topological polar surface area (TPSA) is 127 Å². The summed E-state index contributed by atoms with van der Waals surface area (Å²) in [7, 11) is 0. The first-order valence-corrected chi connectivity index (χ1v) is 7.70. The highest BCUT2D eigenvalue weighted by atomic mass is 16.3. The van der Waals surface area contributed by atoms with E-state index in [0.29, 0.717) is 23.5 Å². The van der Waals surface area contributed by atoms with Crippen LogP contribution in [0.2, 0.25) is 0 Å². The van der Waals surface area contributed by atoms with E-state index < -0.39 is 0 Å². The van der Waals surface area contributed by atoms with Gasteiger partial charge in [0.1, 0.15) is 11.3 Å². The standard InChI is InChI=1S/C17H20N6O/c1-10(5-7-24)23-9-13-16(22-23)12-3-2-11(14(19)4-6-18)8-15(12)21-17(13)20/h2-4,6,8-10,18,24H,5,7,19H2,1H3,(H2,20,21). The van der Waals surface area contributed by atoms with Gasteiger partial charge in [-0.15, -0.1) is 0 Å². The first-order valence-electron chi connectivity index (χ1n) is 7.70. The summed E-state index contributed by atoms with van der Waals surface area (Å²) in [6, 6.07) is 5.71. The minimum absolute atomic E-state index is 0.0716. The summed E-state index contributed by atoms with van der Waals surface area (Å²) in [5, 5.41) is 22.5. The van der Waals surface area contributed by atoms with E-state index >= 15 is 0 Å². The summed E-state index contributed by atoms with van der Waals surface area (Å²) in [4.78, 5) is 4.46. The number of aliphatic hydroxyl groups is 1. The Hall–Kier alpha value is -2.93. The van der Waals surface area contributed by atoms with Crippen LogP contribution in [0.4, 0.5) is 5.82 Å². The normalized spacial score (nSPS) is 13.5. The molecular weight excluding hydrogens is 304 g/mol. The average molecular weight is 324 g/mol. The number of aromatic nitrogens is 3. The summed E-state index contributed by atoms with van der Waals surface area (Å²) < 4.78 is 1.82. The Balaban J connectivity index is 2.19. The molecule has 0 aliphatic carbocycles. The van der Waals surface area contributed by atoms with Crippen molar-refractivity contribution < 1.29 is 5.11 Å². The fraction of sp³-hybridized carbons (Fsp3) is 0.235. The van der Waals surface area contributed by atoms with Crippen molar-refractivity contribution in [2.45, 2.75) is 19.4 Å². The van der Waals surface area contributed by atoms with Gasteiger partial charge >= 0.3 is 0 Å². The second kappa shape index (κ2) is 6.29. The third kappa shape index (κ3) is 2.69. The first-order chi connectivity index (χ1) is 11.5. The predicted octanol–water partition coefficient (Wildman–Crippen LogP) is 2.06. The molecule has 7 nitrogen and oxygen atoms in total. The van der Waals surface area contributed by atoms with Crippen molar-refractivity contribution in [3.05, 3.63) is 36.0 Å². The van der Waals surface area contributed by atoms with Gasteiger partial charge in [0, 0.05) is 30.1 Å². The number of rotatable bonds is 5. The molecule has 7 heteroatoms. The van der Waals surface area contributed by atoms with Crippen LogP contribution in [0, 0.1) is 5.41 Å². The van der Waals surface area contributed by atoms with Crippen molar-refractivity contribution in [2.24, 2.45) is 5.73 Å². The number of pyridine rings is 1. The van der Waals surface area contributed by atoms with E-state index in [4.69, 9.17) is 22.0 Å². The van der Waals surface area contributed by atoms with Crippen LogP contribution in [0.5, 0.6) is 0 Å². The van der Waals surface area contributed by atoms with Gasteiger partial charge in [-0.2, -0.15) is 5.10 Å². The number of hydrogen-bond donors (Lipinski definition) is 4. The maximum Gasteiger partial charge on any atom is 0.135 e. The van der Waals surface area contributed by atoms with Gasteiger partial charge in [-0.05, 0) is 37.1 Å². The Morgan fingerprint density at radius 3 is 2.92 bits per heavy atom. The number of nitrogens with zero attached hydrogens (tertiary/aromatic N) is 3. The number of aliphatic hydroxyl groups excluding tert-OH is 1. The lowest BCUT2D eigenvalue weighted by atomic mass is 10.1. The highest BCUT2D eigenvalue weighted by molar-refractivity contribution is 6.08. The molecule has 0 saturated heterocycles. The van der Waals surface area contributed by atoms with Crippen molar-refractivity contribution in [1.82, 2.24) is 14.8 Å². The Morgan fingerprint density at radius 1 is 1.42 bits per heavy atom. The number of allylic oxidation sites excluding steroid dienone is 1. The van der Waals surface area contributed by atoms with Crippen molar-refractivity contribution in [3.8, 4) is 0 Å². The minimum atomic E-state index is 0.0716. The Kier molecular flexibility index (Phi) is 4.18. The van der Waals surface area contributed by atoms with E-state index in [0.717, 1.165) is 28.1 Å². The smallest absolute Gasteiger partial charge is 0.135 e. The Labute approximate surface area is 139 Å². The zero-order chi connectivity index (χ0) is 17.3. The summed E-state index contributed by atoms with van der Waals surface area (Å²) in [5.74, 6) is 0.409. The largest absolute Gasteiger partial charge is 0.398 e. The number of nitrogen functional groups attached to an aromatic ring is 1. The molecule has 0 fully saturated rings. The molecule has 3 rings (SSSR count). The zero-order valence-electron chi connectivity index (χ0n) is 13.4. The lowest BCUT2D eigenvalue weighted by Crippen LogP contribution is -2.07. The molecule has 2 aromatic heterocycles. The second-order valence-electron chi connectivity index (χ2n) is 5.75. The highest BCUT2D eigenvalue weighted by Crippen LogP contribution is 2.29. The molecule has 0 spiro atoms. The van der Waals surface area contributed by atoms with Crippen LogP contribution in [0.15, 0.2) is 30.5 Å². The Bertz CT molecular complexity index is 943. The molecule has 2 heterocycles. The molecule has 24 heavy (non-hydrogen) atoms. The number of nitrogens with one attached hydrogen (secondary N) is 1. The van der Waals surface area contributed by atoms with E-state index in [1.165, 1.54) is 6.08 Å². The van der Waals surface area contributed by atoms with Crippen molar-refractivity contribution in [2.75, 3.05) is 12.3 Å². The molecule has 0 amide bonds. The van der Waals surface area contributed by atoms with E-state index in [-0.39, 0.29) is 12.6 Å². The van der Waals surface area contributed by atoms with E-state index in [1.54, 1.807) is 0 Å². The van der Waals surface area contributed by atoms with Gasteiger partial charge in [0.25, 0.3) is 0 Å². The summed E-state index contributed by atoms with van der Waals surface area (Å²) in [5.41, 5.74) is 14.8. The van der Waals surface area contributed by atoms with Crippen LogP contribution in [0.25, 0.3) is 27.5 Å². The zero-order valence-corrected chi connectivity index (χ0v) is 13.4. The molecular formula is C17H20N6O. The van der Waals surface area contributed by atoms with Gasteiger partial charge < -0.3 is 22.0 Å². The van der Waals surface area contributed by atoms with E-state index in [1.807, 2.05) is 36.0 Å². The Morgan fingerprint density at radius 2 is 2.21 bits per heavy atom. The minimum Gasteiger partial charge on any atom is -0.398 e. The van der Waals surface area contributed by atoms with Gasteiger partial charge in [-0.1, -0.05) is 6.07 Å². The van der Waals surface area contributed by atoms with Gasteiger partial charge in [0.15, 0.2) is 0 Å². The van der Waals surface area contributed by atoms with Crippen molar-refractivity contribution >= 4 is 39.5 Å². The number of nitrogens with two attached hydrogens (primary N) is 2. The first kappa shape index (κ1) is 15.9. The van der Waals surface area contributed by atoms with Crippen LogP contribution in [-0.4, -0.2) is 32.7 Å². The van der Waals surface area contributed by atoms with Crippen LogP contribution in [-0.2, 0) is 0 Å². The molecule has 6 N–H and O–H groups in total. The molecule has 0 saturated carbocycles. The van der Waals surface area contributed by atoms with Gasteiger partial charge in [0.05, 0.1) is 16.9 Å². The molecule has 3 aromatic rings. The molecule has 124 valence electrons. The monoisotopic (exact) mass is 324 g/mol. The molecule has 1 aromatic carbocycles. The summed E-state index contributed by atoms with van der Waals surface area (Å²) in [6.07, 6.45) is 5.16. The van der Waals surface area contributed by atoms with Crippen LogP contribution in [0.1, 0.15) is 24.9 Å². The number of fused-ring (bicyclic) bond motifs is 3.